The van der Waals surface area contributed by atoms with Crippen LogP contribution < -0.4 is 0 Å². The molecule has 0 saturated heterocycles. The maximum absolute atomic E-state index is 9.30. The fraction of sp³-hybridized carbons (Fsp3) is 0. The van der Waals surface area contributed by atoms with E-state index in [1.807, 2.05) is 42.5 Å². The van der Waals surface area contributed by atoms with Gasteiger partial charge in [-0.05, 0) is 41.0 Å². The van der Waals surface area contributed by atoms with Gasteiger partial charge in [-0.1, -0.05) is 48.5 Å². The minimum Gasteiger partial charge on any atom is -0.192 e. The Bertz CT molecular complexity index is 897. The molecule has 2 nitrogen and oxygen atoms in total. The van der Waals surface area contributed by atoms with Crippen LogP contribution in [0.25, 0.3) is 22.3 Å². The molecule has 0 unspecified atom stereocenters. The normalized spacial score (nSPS) is 9.73. The zero-order valence-electron chi connectivity index (χ0n) is 11.8. The average molecular weight is 280 g/mol. The Morgan fingerprint density at radius 2 is 1.32 bits per heavy atom. The zero-order chi connectivity index (χ0) is 15.4. The number of benzene rings is 3. The molecule has 22 heavy (non-hydrogen) atoms. The first-order chi connectivity index (χ1) is 10.8. The molecule has 0 N–H and O–H groups in total. The van der Waals surface area contributed by atoms with Crippen molar-refractivity contribution in [1.29, 1.82) is 10.5 Å². The molecule has 0 spiro atoms. The molecule has 0 aromatic heterocycles. The summed E-state index contributed by atoms with van der Waals surface area (Å²) in [6, 6.07) is 27.6. The molecule has 3 aromatic rings. The van der Waals surface area contributed by atoms with Crippen molar-refractivity contribution in [2.24, 2.45) is 0 Å². The van der Waals surface area contributed by atoms with Gasteiger partial charge in [0.1, 0.15) is 0 Å². The standard InChI is InChI=1S/C20H12N2/c21-13-15-9-10-19(14-22)20(11-15)18-8-4-7-17(12-18)16-5-2-1-3-6-16/h1-12H. The molecular formula is C20H12N2. The summed E-state index contributed by atoms with van der Waals surface area (Å²) in [7, 11) is 0. The highest BCUT2D eigenvalue weighted by molar-refractivity contribution is 5.77. The number of rotatable bonds is 2. The van der Waals surface area contributed by atoms with Crippen LogP contribution in [-0.4, -0.2) is 0 Å². The van der Waals surface area contributed by atoms with Gasteiger partial charge in [0.15, 0.2) is 0 Å². The molecule has 0 aliphatic rings. The van der Waals surface area contributed by atoms with Crippen molar-refractivity contribution in [2.45, 2.75) is 0 Å². The summed E-state index contributed by atoms with van der Waals surface area (Å²) < 4.78 is 0. The van der Waals surface area contributed by atoms with Crippen LogP contribution in [0.3, 0.4) is 0 Å². The molecule has 3 rings (SSSR count). The number of hydrogen-bond donors (Lipinski definition) is 0. The second-order valence-corrected chi connectivity index (χ2v) is 4.93. The van der Waals surface area contributed by atoms with Gasteiger partial charge in [0.05, 0.1) is 23.3 Å². The predicted octanol–water partition coefficient (Wildman–Crippen LogP) is 4.76. The molecule has 3 aromatic carbocycles. The first-order valence-electron chi connectivity index (χ1n) is 6.92. The van der Waals surface area contributed by atoms with Crippen LogP contribution in [0, 0.1) is 22.7 Å². The molecule has 0 atom stereocenters. The third kappa shape index (κ3) is 2.59. The molecule has 0 heterocycles. The summed E-state index contributed by atoms with van der Waals surface area (Å²) in [6.07, 6.45) is 0. The van der Waals surface area contributed by atoms with Crippen LogP contribution in [0.5, 0.6) is 0 Å². The third-order valence-electron chi connectivity index (χ3n) is 3.55. The number of nitriles is 2. The fourth-order valence-electron chi connectivity index (χ4n) is 2.45. The largest absolute Gasteiger partial charge is 0.192 e. The minimum absolute atomic E-state index is 0.555. The van der Waals surface area contributed by atoms with Gasteiger partial charge >= 0.3 is 0 Å². The first kappa shape index (κ1) is 13.6. The van der Waals surface area contributed by atoms with Crippen molar-refractivity contribution >= 4 is 0 Å². The van der Waals surface area contributed by atoms with E-state index >= 15 is 0 Å². The molecule has 0 aliphatic carbocycles. The van der Waals surface area contributed by atoms with Crippen molar-refractivity contribution < 1.29 is 0 Å². The summed E-state index contributed by atoms with van der Waals surface area (Å²) in [5.41, 5.74) is 5.07. The lowest BCUT2D eigenvalue weighted by Gasteiger charge is -2.08. The molecule has 0 bridgehead atoms. The summed E-state index contributed by atoms with van der Waals surface area (Å²) in [5.74, 6) is 0. The van der Waals surface area contributed by atoms with Crippen molar-refractivity contribution in [1.82, 2.24) is 0 Å². The van der Waals surface area contributed by atoms with Crippen LogP contribution in [0.1, 0.15) is 11.1 Å². The van der Waals surface area contributed by atoms with Crippen molar-refractivity contribution in [3.8, 4) is 34.4 Å². The van der Waals surface area contributed by atoms with Gasteiger partial charge < -0.3 is 0 Å². The van der Waals surface area contributed by atoms with Gasteiger partial charge in [0.2, 0.25) is 0 Å². The second-order valence-electron chi connectivity index (χ2n) is 4.93. The lowest BCUT2D eigenvalue weighted by atomic mass is 9.95. The van der Waals surface area contributed by atoms with E-state index in [2.05, 4.69) is 24.3 Å². The highest BCUT2D eigenvalue weighted by atomic mass is 14.3. The highest BCUT2D eigenvalue weighted by Gasteiger charge is 2.07. The quantitative estimate of drug-likeness (QED) is 0.679. The molecule has 0 aliphatic heterocycles. The molecule has 2 heteroatoms. The van der Waals surface area contributed by atoms with E-state index in [9.17, 15) is 5.26 Å². The van der Waals surface area contributed by atoms with Gasteiger partial charge in [0.25, 0.3) is 0 Å². The SMILES string of the molecule is N#Cc1ccc(C#N)c(-c2cccc(-c3ccccc3)c2)c1. The molecule has 0 fully saturated rings. The van der Waals surface area contributed by atoms with Crippen LogP contribution in [0.2, 0.25) is 0 Å². The van der Waals surface area contributed by atoms with Gasteiger partial charge in [-0.2, -0.15) is 10.5 Å². The molecule has 102 valence electrons. The average Bonchev–Trinajstić information content (AvgIpc) is 2.62. The summed E-state index contributed by atoms with van der Waals surface area (Å²) in [4.78, 5) is 0. The Labute approximate surface area is 129 Å². The lowest BCUT2D eigenvalue weighted by molar-refractivity contribution is 1.45. The Morgan fingerprint density at radius 1 is 0.591 bits per heavy atom. The van der Waals surface area contributed by atoms with Crippen LogP contribution >= 0.6 is 0 Å². The lowest BCUT2D eigenvalue weighted by Crippen LogP contribution is -1.87. The minimum atomic E-state index is 0.555. The fourth-order valence-corrected chi connectivity index (χ4v) is 2.45. The Kier molecular flexibility index (Phi) is 3.69. The summed E-state index contributed by atoms with van der Waals surface area (Å²) >= 11 is 0. The number of nitrogens with zero attached hydrogens (tertiary/aromatic N) is 2. The smallest absolute Gasteiger partial charge is 0.0998 e. The molecular weight excluding hydrogens is 268 g/mol. The monoisotopic (exact) mass is 280 g/mol. The van der Waals surface area contributed by atoms with Crippen LogP contribution in [-0.2, 0) is 0 Å². The van der Waals surface area contributed by atoms with Gasteiger partial charge in [-0.25, -0.2) is 0 Å². The number of hydrogen-bond acceptors (Lipinski definition) is 2. The van der Waals surface area contributed by atoms with Crippen molar-refractivity contribution in [2.75, 3.05) is 0 Å². The van der Waals surface area contributed by atoms with E-state index in [0.29, 0.717) is 11.1 Å². The maximum Gasteiger partial charge on any atom is 0.0998 e. The van der Waals surface area contributed by atoms with E-state index in [1.165, 1.54) is 0 Å². The van der Waals surface area contributed by atoms with E-state index in [1.54, 1.807) is 18.2 Å². The Hall–Kier alpha value is -3.36. The summed E-state index contributed by atoms with van der Waals surface area (Å²) in [6.45, 7) is 0. The topological polar surface area (TPSA) is 47.6 Å². The van der Waals surface area contributed by atoms with Crippen LogP contribution in [0.4, 0.5) is 0 Å². The zero-order valence-corrected chi connectivity index (χ0v) is 11.8. The van der Waals surface area contributed by atoms with E-state index in [-0.39, 0.29) is 0 Å². The first-order valence-corrected chi connectivity index (χ1v) is 6.92. The van der Waals surface area contributed by atoms with Crippen molar-refractivity contribution in [3.05, 3.63) is 83.9 Å². The van der Waals surface area contributed by atoms with E-state index in [0.717, 1.165) is 22.3 Å². The van der Waals surface area contributed by atoms with E-state index in [4.69, 9.17) is 5.26 Å². The highest BCUT2D eigenvalue weighted by Crippen LogP contribution is 2.29. The third-order valence-corrected chi connectivity index (χ3v) is 3.55. The molecule has 0 saturated carbocycles. The van der Waals surface area contributed by atoms with E-state index < -0.39 is 0 Å². The van der Waals surface area contributed by atoms with Gasteiger partial charge in [-0.15, -0.1) is 0 Å². The Balaban J connectivity index is 2.15. The van der Waals surface area contributed by atoms with Crippen molar-refractivity contribution in [3.63, 3.8) is 0 Å². The second kappa shape index (κ2) is 5.95. The van der Waals surface area contributed by atoms with Gasteiger partial charge in [-0.3, -0.25) is 0 Å². The maximum atomic E-state index is 9.30. The van der Waals surface area contributed by atoms with Crippen LogP contribution in [0.15, 0.2) is 72.8 Å². The predicted molar refractivity (Wildman–Crippen MR) is 86.7 cm³/mol. The van der Waals surface area contributed by atoms with Gasteiger partial charge in [0, 0.05) is 5.56 Å². The Morgan fingerprint density at radius 3 is 2.05 bits per heavy atom. The molecule has 0 radical (unpaired) electrons. The molecule has 0 amide bonds. The summed E-state index contributed by atoms with van der Waals surface area (Å²) in [5, 5.41) is 18.4.